The molecule has 5 nitrogen and oxygen atoms in total. The van der Waals surface area contributed by atoms with Crippen molar-refractivity contribution in [3.05, 3.63) is 28.8 Å². The zero-order chi connectivity index (χ0) is 15.9. The van der Waals surface area contributed by atoms with Crippen LogP contribution in [0.25, 0.3) is 0 Å². The maximum Gasteiger partial charge on any atom is 0.337 e. The largest absolute Gasteiger partial charge is 0.465 e. The van der Waals surface area contributed by atoms with Gasteiger partial charge in [0, 0.05) is 0 Å². The topological polar surface area (TPSA) is 58.6 Å². The number of hydrogen-bond donors (Lipinski definition) is 1. The number of benzene rings is 1. The Bertz CT molecular complexity index is 540. The van der Waals surface area contributed by atoms with Gasteiger partial charge in [-0.2, -0.15) is 0 Å². The van der Waals surface area contributed by atoms with E-state index in [0.29, 0.717) is 22.8 Å². The van der Waals surface area contributed by atoms with Gasteiger partial charge in [0.25, 0.3) is 0 Å². The predicted octanol–water partition coefficient (Wildman–Crippen LogP) is 2.94. The van der Waals surface area contributed by atoms with Crippen molar-refractivity contribution >= 4 is 29.2 Å². The van der Waals surface area contributed by atoms with Crippen LogP contribution in [0, 0.1) is 0 Å². The van der Waals surface area contributed by atoms with E-state index in [1.54, 1.807) is 12.1 Å². The van der Waals surface area contributed by atoms with Crippen LogP contribution in [0.3, 0.4) is 0 Å². The van der Waals surface area contributed by atoms with Gasteiger partial charge in [-0.15, -0.1) is 0 Å². The summed E-state index contributed by atoms with van der Waals surface area (Å²) in [5.74, 6) is -0.578. The lowest BCUT2D eigenvalue weighted by Gasteiger charge is -2.19. The highest BCUT2D eigenvalue weighted by Crippen LogP contribution is 2.23. The SMILES string of the molecule is COC(=O)c1ccc(Cl)c(NC(=O)CN2CCCCCC2)c1. The van der Waals surface area contributed by atoms with Gasteiger partial charge in [0.05, 0.1) is 29.9 Å². The number of carbonyl (C=O) groups excluding carboxylic acids is 2. The molecule has 1 saturated heterocycles. The molecule has 1 aliphatic heterocycles. The van der Waals surface area contributed by atoms with E-state index in [-0.39, 0.29) is 5.91 Å². The van der Waals surface area contributed by atoms with E-state index >= 15 is 0 Å². The summed E-state index contributed by atoms with van der Waals surface area (Å²) >= 11 is 6.08. The van der Waals surface area contributed by atoms with E-state index in [9.17, 15) is 9.59 Å². The zero-order valence-corrected chi connectivity index (χ0v) is 13.5. The zero-order valence-electron chi connectivity index (χ0n) is 12.7. The van der Waals surface area contributed by atoms with Crippen LogP contribution in [0.2, 0.25) is 5.02 Å². The van der Waals surface area contributed by atoms with E-state index in [1.807, 2.05) is 0 Å². The summed E-state index contributed by atoms with van der Waals surface area (Å²) in [4.78, 5) is 25.9. The number of nitrogens with zero attached hydrogens (tertiary/aromatic N) is 1. The smallest absolute Gasteiger partial charge is 0.337 e. The van der Waals surface area contributed by atoms with Crippen LogP contribution in [-0.4, -0.2) is 43.5 Å². The number of likely N-dealkylation sites (tertiary alicyclic amines) is 1. The van der Waals surface area contributed by atoms with Crippen molar-refractivity contribution in [1.29, 1.82) is 0 Å². The van der Waals surface area contributed by atoms with Crippen LogP contribution >= 0.6 is 11.6 Å². The summed E-state index contributed by atoms with van der Waals surface area (Å²) in [6, 6.07) is 4.68. The van der Waals surface area contributed by atoms with Crippen molar-refractivity contribution in [3.63, 3.8) is 0 Å². The van der Waals surface area contributed by atoms with Crippen LogP contribution in [0.4, 0.5) is 5.69 Å². The second-order valence-corrected chi connectivity index (χ2v) is 5.83. The van der Waals surface area contributed by atoms with Gasteiger partial charge in [0.1, 0.15) is 0 Å². The van der Waals surface area contributed by atoms with Crippen molar-refractivity contribution in [2.45, 2.75) is 25.7 Å². The summed E-state index contributed by atoms with van der Waals surface area (Å²) in [5, 5.41) is 3.18. The van der Waals surface area contributed by atoms with Crippen LogP contribution in [0.1, 0.15) is 36.0 Å². The minimum Gasteiger partial charge on any atom is -0.465 e. The minimum absolute atomic E-state index is 0.120. The Morgan fingerprint density at radius 2 is 1.91 bits per heavy atom. The predicted molar refractivity (Wildman–Crippen MR) is 86.3 cm³/mol. The first-order valence-corrected chi connectivity index (χ1v) is 7.88. The van der Waals surface area contributed by atoms with Crippen LogP contribution < -0.4 is 5.32 Å². The number of hydrogen-bond acceptors (Lipinski definition) is 4. The number of anilines is 1. The van der Waals surface area contributed by atoms with Crippen molar-refractivity contribution in [2.75, 3.05) is 32.1 Å². The molecule has 0 saturated carbocycles. The fraction of sp³-hybridized carbons (Fsp3) is 0.500. The second kappa shape index (κ2) is 8.15. The normalized spacial score (nSPS) is 15.9. The van der Waals surface area contributed by atoms with E-state index in [0.717, 1.165) is 25.9 Å². The Hall–Kier alpha value is -1.59. The number of nitrogens with one attached hydrogen (secondary N) is 1. The third-order valence-corrected chi connectivity index (χ3v) is 4.06. The highest BCUT2D eigenvalue weighted by Gasteiger charge is 2.15. The molecule has 1 aromatic carbocycles. The van der Waals surface area contributed by atoms with E-state index in [2.05, 4.69) is 15.0 Å². The van der Waals surface area contributed by atoms with Crippen molar-refractivity contribution in [3.8, 4) is 0 Å². The minimum atomic E-state index is -0.459. The number of amides is 1. The molecular formula is C16H21ClN2O3. The summed E-state index contributed by atoms with van der Waals surface area (Å²) < 4.78 is 4.67. The molecule has 1 heterocycles. The van der Waals surface area contributed by atoms with Crippen molar-refractivity contribution in [2.24, 2.45) is 0 Å². The van der Waals surface area contributed by atoms with E-state index < -0.39 is 5.97 Å². The fourth-order valence-corrected chi connectivity index (χ4v) is 2.72. The molecule has 0 atom stereocenters. The molecule has 2 rings (SSSR count). The Kier molecular flexibility index (Phi) is 6.21. The van der Waals surface area contributed by atoms with Crippen molar-refractivity contribution < 1.29 is 14.3 Å². The lowest BCUT2D eigenvalue weighted by molar-refractivity contribution is -0.117. The summed E-state index contributed by atoms with van der Waals surface area (Å²) in [6.45, 7) is 2.24. The lowest BCUT2D eigenvalue weighted by Crippen LogP contribution is -2.34. The maximum absolute atomic E-state index is 12.2. The quantitative estimate of drug-likeness (QED) is 0.865. The summed E-state index contributed by atoms with van der Waals surface area (Å²) in [5.41, 5.74) is 0.793. The first kappa shape index (κ1) is 16.8. The first-order chi connectivity index (χ1) is 10.6. The van der Waals surface area contributed by atoms with Gasteiger partial charge in [0.2, 0.25) is 5.91 Å². The number of esters is 1. The van der Waals surface area contributed by atoms with Gasteiger partial charge in [0.15, 0.2) is 0 Å². The summed E-state index contributed by atoms with van der Waals surface area (Å²) in [7, 11) is 1.31. The number of carbonyl (C=O) groups is 2. The molecule has 22 heavy (non-hydrogen) atoms. The molecule has 0 unspecified atom stereocenters. The first-order valence-electron chi connectivity index (χ1n) is 7.50. The Morgan fingerprint density at radius 1 is 1.23 bits per heavy atom. The van der Waals surface area contributed by atoms with Crippen molar-refractivity contribution in [1.82, 2.24) is 4.90 Å². The Labute approximate surface area is 135 Å². The maximum atomic E-state index is 12.2. The molecular weight excluding hydrogens is 304 g/mol. The van der Waals surface area contributed by atoms with Crippen LogP contribution in [0.15, 0.2) is 18.2 Å². The molecule has 1 aliphatic rings. The Balaban J connectivity index is 1.99. The van der Waals surface area contributed by atoms with E-state index in [1.165, 1.54) is 26.0 Å². The van der Waals surface area contributed by atoms with Gasteiger partial charge >= 0.3 is 5.97 Å². The van der Waals surface area contributed by atoms with Crippen LogP contribution in [0.5, 0.6) is 0 Å². The number of rotatable bonds is 4. The third-order valence-electron chi connectivity index (χ3n) is 3.73. The standard InChI is InChI=1S/C16H21ClN2O3/c1-22-16(21)12-6-7-13(17)14(10-12)18-15(20)11-19-8-4-2-3-5-9-19/h6-7,10H,2-5,8-9,11H2,1H3,(H,18,20). The molecule has 1 amide bonds. The van der Waals surface area contributed by atoms with Gasteiger partial charge in [-0.3, -0.25) is 9.69 Å². The third kappa shape index (κ3) is 4.71. The molecule has 1 fully saturated rings. The average molecular weight is 325 g/mol. The van der Waals surface area contributed by atoms with Gasteiger partial charge in [-0.05, 0) is 44.1 Å². The molecule has 120 valence electrons. The van der Waals surface area contributed by atoms with E-state index in [4.69, 9.17) is 11.6 Å². The number of halogens is 1. The van der Waals surface area contributed by atoms with Crippen LogP contribution in [-0.2, 0) is 9.53 Å². The number of methoxy groups -OCH3 is 1. The molecule has 0 aromatic heterocycles. The highest BCUT2D eigenvalue weighted by atomic mass is 35.5. The lowest BCUT2D eigenvalue weighted by atomic mass is 10.2. The molecule has 6 heteroatoms. The fourth-order valence-electron chi connectivity index (χ4n) is 2.55. The summed E-state index contributed by atoms with van der Waals surface area (Å²) in [6.07, 6.45) is 4.72. The van der Waals surface area contributed by atoms with Gasteiger partial charge in [-0.1, -0.05) is 24.4 Å². The second-order valence-electron chi connectivity index (χ2n) is 5.42. The molecule has 0 spiro atoms. The highest BCUT2D eigenvalue weighted by molar-refractivity contribution is 6.33. The van der Waals surface area contributed by atoms with Gasteiger partial charge < -0.3 is 10.1 Å². The molecule has 0 bridgehead atoms. The molecule has 0 radical (unpaired) electrons. The molecule has 1 aromatic rings. The Morgan fingerprint density at radius 3 is 2.55 bits per heavy atom. The molecule has 1 N–H and O–H groups in total. The van der Waals surface area contributed by atoms with Gasteiger partial charge in [-0.25, -0.2) is 4.79 Å². The molecule has 0 aliphatic carbocycles. The number of ether oxygens (including phenoxy) is 1. The average Bonchev–Trinajstić information content (AvgIpc) is 2.77. The monoisotopic (exact) mass is 324 g/mol.